The quantitative estimate of drug-likeness (QED) is 0.293. The van der Waals surface area contributed by atoms with Gasteiger partial charge in [0, 0.05) is 29.8 Å². The van der Waals surface area contributed by atoms with Crippen LogP contribution < -0.4 is 14.5 Å². The van der Waals surface area contributed by atoms with Crippen molar-refractivity contribution in [3.8, 4) is 5.75 Å². The normalized spacial score (nSPS) is 14.8. The van der Waals surface area contributed by atoms with E-state index in [9.17, 15) is 9.59 Å². The molecular formula is C22H21BrN2O4S2. The van der Waals surface area contributed by atoms with Gasteiger partial charge in [-0.15, -0.1) is 0 Å². The third kappa shape index (κ3) is 5.66. The summed E-state index contributed by atoms with van der Waals surface area (Å²) in [5.41, 5.74) is 2.40. The Balaban J connectivity index is 1.85. The van der Waals surface area contributed by atoms with E-state index < -0.39 is 5.97 Å². The number of ether oxygens (including phenoxy) is 2. The Labute approximate surface area is 199 Å². The molecule has 0 spiro atoms. The van der Waals surface area contributed by atoms with Crippen molar-refractivity contribution in [2.45, 2.75) is 6.92 Å². The van der Waals surface area contributed by atoms with Crippen LogP contribution in [0.15, 0.2) is 51.8 Å². The minimum atomic E-state index is -0.455. The van der Waals surface area contributed by atoms with Gasteiger partial charge in [0.25, 0.3) is 5.91 Å². The minimum Gasteiger partial charge on any atom is -0.481 e. The lowest BCUT2D eigenvalue weighted by Gasteiger charge is -2.17. The van der Waals surface area contributed by atoms with Crippen LogP contribution >= 0.6 is 39.9 Å². The number of carbonyl (C=O) groups excluding carboxylic acids is 2. The molecule has 162 valence electrons. The Morgan fingerprint density at radius 1 is 1.23 bits per heavy atom. The summed E-state index contributed by atoms with van der Waals surface area (Å²) < 4.78 is 11.8. The summed E-state index contributed by atoms with van der Waals surface area (Å²) in [4.78, 5) is 28.7. The highest BCUT2D eigenvalue weighted by Crippen LogP contribution is 2.38. The molecule has 1 aliphatic rings. The van der Waals surface area contributed by atoms with Gasteiger partial charge in [0.1, 0.15) is 5.75 Å². The second-order valence-corrected chi connectivity index (χ2v) is 9.30. The Morgan fingerprint density at radius 2 is 1.94 bits per heavy atom. The largest absolute Gasteiger partial charge is 0.481 e. The summed E-state index contributed by atoms with van der Waals surface area (Å²) >= 11 is 10.1. The van der Waals surface area contributed by atoms with Crippen LogP contribution in [0.2, 0.25) is 0 Å². The van der Waals surface area contributed by atoms with Gasteiger partial charge >= 0.3 is 5.97 Å². The van der Waals surface area contributed by atoms with Gasteiger partial charge in [-0.25, -0.2) is 4.79 Å². The number of rotatable bonds is 7. The van der Waals surface area contributed by atoms with Gasteiger partial charge in [-0.1, -0.05) is 39.9 Å². The fourth-order valence-electron chi connectivity index (χ4n) is 2.83. The van der Waals surface area contributed by atoms with Crippen LogP contribution in [0.4, 0.5) is 11.4 Å². The molecule has 0 N–H and O–H groups in total. The predicted octanol–water partition coefficient (Wildman–Crippen LogP) is 4.86. The number of halogens is 1. The van der Waals surface area contributed by atoms with E-state index in [-0.39, 0.29) is 19.1 Å². The second-order valence-electron chi connectivity index (χ2n) is 6.70. The molecule has 2 aromatic rings. The van der Waals surface area contributed by atoms with Crippen LogP contribution in [0.25, 0.3) is 6.08 Å². The number of esters is 1. The van der Waals surface area contributed by atoms with Crippen molar-refractivity contribution in [2.24, 2.45) is 0 Å². The van der Waals surface area contributed by atoms with Crippen LogP contribution in [-0.2, 0) is 14.3 Å². The van der Waals surface area contributed by atoms with Gasteiger partial charge < -0.3 is 14.4 Å². The smallest absolute Gasteiger partial charge is 0.344 e. The van der Waals surface area contributed by atoms with Crippen molar-refractivity contribution in [1.82, 2.24) is 0 Å². The molecule has 1 amide bonds. The van der Waals surface area contributed by atoms with Crippen LogP contribution in [0.1, 0.15) is 12.5 Å². The molecule has 0 aromatic heterocycles. The SMILES string of the molecule is CCOC(=O)COc1ccc(Br)cc1/C=C1/SC(=S)N(c2ccc(N(C)C)cc2)C1=O. The molecular weight excluding hydrogens is 500 g/mol. The molecule has 0 bridgehead atoms. The highest BCUT2D eigenvalue weighted by Gasteiger charge is 2.33. The van der Waals surface area contributed by atoms with Crippen LogP contribution in [0.3, 0.4) is 0 Å². The molecule has 1 fully saturated rings. The minimum absolute atomic E-state index is 0.205. The predicted molar refractivity (Wildman–Crippen MR) is 133 cm³/mol. The number of anilines is 2. The topological polar surface area (TPSA) is 59.1 Å². The first-order chi connectivity index (χ1) is 14.8. The average molecular weight is 521 g/mol. The molecule has 31 heavy (non-hydrogen) atoms. The Kier molecular flexibility index (Phi) is 7.74. The van der Waals surface area contributed by atoms with E-state index in [2.05, 4.69) is 15.9 Å². The molecule has 3 rings (SSSR count). The molecule has 1 saturated heterocycles. The van der Waals surface area contributed by atoms with E-state index >= 15 is 0 Å². The average Bonchev–Trinajstić information content (AvgIpc) is 3.00. The standard InChI is InChI=1S/C22H21BrN2O4S2/c1-4-28-20(26)13-29-18-10-5-15(23)11-14(18)12-19-21(27)25(22(30)31-19)17-8-6-16(7-9-17)24(2)3/h5-12H,4,13H2,1-3H3/b19-12+. The molecule has 0 saturated carbocycles. The lowest BCUT2D eigenvalue weighted by molar-refractivity contribution is -0.145. The third-order valence-corrected chi connectivity index (χ3v) is 6.12. The van der Waals surface area contributed by atoms with E-state index in [0.717, 1.165) is 10.2 Å². The summed E-state index contributed by atoms with van der Waals surface area (Å²) in [6, 6.07) is 13.0. The maximum atomic E-state index is 13.1. The fraction of sp³-hybridized carbons (Fsp3) is 0.227. The van der Waals surface area contributed by atoms with Gasteiger partial charge in [-0.2, -0.15) is 0 Å². The number of nitrogens with zero attached hydrogens (tertiary/aromatic N) is 2. The Hall–Kier alpha value is -2.36. The zero-order chi connectivity index (χ0) is 22.5. The van der Waals surface area contributed by atoms with Crippen molar-refractivity contribution >= 4 is 73.6 Å². The molecule has 0 radical (unpaired) electrons. The number of hydrogen-bond donors (Lipinski definition) is 0. The summed E-state index contributed by atoms with van der Waals surface area (Å²) in [7, 11) is 3.91. The molecule has 6 nitrogen and oxygen atoms in total. The van der Waals surface area contributed by atoms with E-state index in [1.165, 1.54) is 16.7 Å². The monoisotopic (exact) mass is 520 g/mol. The maximum Gasteiger partial charge on any atom is 0.344 e. The summed E-state index contributed by atoms with van der Waals surface area (Å²) in [5, 5.41) is 0. The van der Waals surface area contributed by atoms with Gasteiger partial charge in [0.15, 0.2) is 10.9 Å². The third-order valence-electron chi connectivity index (χ3n) is 4.33. The van der Waals surface area contributed by atoms with Gasteiger partial charge in [-0.3, -0.25) is 9.69 Å². The van der Waals surface area contributed by atoms with Crippen molar-refractivity contribution < 1.29 is 19.1 Å². The number of carbonyl (C=O) groups is 2. The van der Waals surface area contributed by atoms with Crippen LogP contribution in [0, 0.1) is 0 Å². The highest BCUT2D eigenvalue weighted by molar-refractivity contribution is 9.10. The van der Waals surface area contributed by atoms with Gasteiger partial charge in [0.05, 0.1) is 17.2 Å². The summed E-state index contributed by atoms with van der Waals surface area (Å²) in [5.74, 6) is -0.190. The lowest BCUT2D eigenvalue weighted by atomic mass is 10.2. The van der Waals surface area contributed by atoms with E-state index in [1.54, 1.807) is 25.1 Å². The van der Waals surface area contributed by atoms with E-state index in [1.807, 2.05) is 49.3 Å². The molecule has 0 unspecified atom stereocenters. The van der Waals surface area contributed by atoms with Crippen LogP contribution in [-0.4, -0.2) is 43.5 Å². The maximum absolute atomic E-state index is 13.1. The van der Waals surface area contributed by atoms with Gasteiger partial charge in [-0.05, 0) is 55.5 Å². The molecule has 1 aliphatic heterocycles. The first-order valence-corrected chi connectivity index (χ1v) is 11.4. The molecule has 9 heteroatoms. The zero-order valence-corrected chi connectivity index (χ0v) is 20.5. The number of benzene rings is 2. The summed E-state index contributed by atoms with van der Waals surface area (Å²) in [6.45, 7) is 1.81. The van der Waals surface area contributed by atoms with Crippen molar-refractivity contribution in [3.05, 3.63) is 57.4 Å². The van der Waals surface area contributed by atoms with Gasteiger partial charge in [0.2, 0.25) is 0 Å². The fourth-order valence-corrected chi connectivity index (χ4v) is 4.50. The molecule has 0 atom stereocenters. The first kappa shape index (κ1) is 23.3. The van der Waals surface area contributed by atoms with E-state index in [0.29, 0.717) is 26.2 Å². The Morgan fingerprint density at radius 3 is 2.58 bits per heavy atom. The summed E-state index contributed by atoms with van der Waals surface area (Å²) in [6.07, 6.45) is 1.72. The van der Waals surface area contributed by atoms with Crippen molar-refractivity contribution in [2.75, 3.05) is 37.1 Å². The van der Waals surface area contributed by atoms with E-state index in [4.69, 9.17) is 21.7 Å². The van der Waals surface area contributed by atoms with Crippen LogP contribution in [0.5, 0.6) is 5.75 Å². The number of thioether (sulfide) groups is 1. The van der Waals surface area contributed by atoms with Crippen molar-refractivity contribution in [1.29, 1.82) is 0 Å². The second kappa shape index (κ2) is 10.3. The first-order valence-electron chi connectivity index (χ1n) is 9.43. The molecule has 1 heterocycles. The zero-order valence-electron chi connectivity index (χ0n) is 17.3. The lowest BCUT2D eigenvalue weighted by Crippen LogP contribution is -2.27. The number of thiocarbonyl (C=S) groups is 1. The number of hydrogen-bond acceptors (Lipinski definition) is 7. The Bertz CT molecular complexity index is 1040. The highest BCUT2D eigenvalue weighted by atomic mass is 79.9. The molecule has 0 aliphatic carbocycles. The molecule has 2 aromatic carbocycles. The van der Waals surface area contributed by atoms with Crippen molar-refractivity contribution in [3.63, 3.8) is 0 Å². The number of amides is 1.